The number of halogens is 3. The number of nitrogens with zero attached hydrogens (tertiary/aromatic N) is 2. The molecule has 2 heterocycles. The van der Waals surface area contributed by atoms with Gasteiger partial charge in [0.05, 0.1) is 11.6 Å². The fourth-order valence-electron chi connectivity index (χ4n) is 3.31. The minimum absolute atomic E-state index is 0.0803. The van der Waals surface area contributed by atoms with E-state index >= 15 is 0 Å². The maximum atomic E-state index is 13.0. The second kappa shape index (κ2) is 7.98. The number of amides is 1. The van der Waals surface area contributed by atoms with Gasteiger partial charge in [0.25, 0.3) is 5.91 Å². The lowest BCUT2D eigenvalue weighted by atomic mass is 9.89. The summed E-state index contributed by atoms with van der Waals surface area (Å²) in [5, 5.41) is 8.28. The second-order valence-electron chi connectivity index (χ2n) is 6.49. The van der Waals surface area contributed by atoms with Crippen LogP contribution in [0.15, 0.2) is 23.5 Å². The van der Waals surface area contributed by atoms with E-state index in [1.165, 1.54) is 4.90 Å². The third-order valence-corrected chi connectivity index (χ3v) is 4.61. The van der Waals surface area contributed by atoms with Gasteiger partial charge in [-0.2, -0.15) is 13.2 Å². The van der Waals surface area contributed by atoms with Crippen LogP contribution in [0.5, 0.6) is 0 Å². The molecule has 1 unspecified atom stereocenters. The number of anilines is 1. The van der Waals surface area contributed by atoms with Gasteiger partial charge >= 0.3 is 6.18 Å². The van der Waals surface area contributed by atoms with E-state index in [2.05, 4.69) is 4.98 Å². The van der Waals surface area contributed by atoms with Gasteiger partial charge < -0.3 is 21.8 Å². The molecular formula is C18H24F3N5O. The first-order valence-corrected chi connectivity index (χ1v) is 8.81. The number of carbonyl (C=O) groups excluding carboxylic acids is 1. The van der Waals surface area contributed by atoms with E-state index in [9.17, 15) is 18.0 Å². The summed E-state index contributed by atoms with van der Waals surface area (Å²) in [4.78, 5) is 17.8. The normalized spacial score (nSPS) is 18.0. The molecule has 5 N–H and O–H groups in total. The predicted molar refractivity (Wildman–Crippen MR) is 97.2 cm³/mol. The molecule has 1 amide bonds. The molecule has 1 aromatic heterocycles. The fourth-order valence-corrected chi connectivity index (χ4v) is 3.31. The zero-order valence-electron chi connectivity index (χ0n) is 15.4. The van der Waals surface area contributed by atoms with Crippen LogP contribution >= 0.6 is 0 Å². The zero-order valence-corrected chi connectivity index (χ0v) is 15.4. The van der Waals surface area contributed by atoms with E-state index in [1.54, 1.807) is 0 Å². The molecule has 1 aliphatic heterocycles. The van der Waals surface area contributed by atoms with Crippen molar-refractivity contribution >= 4 is 17.3 Å². The van der Waals surface area contributed by atoms with Gasteiger partial charge in [0.1, 0.15) is 5.69 Å². The minimum atomic E-state index is -4.63. The smallest absolute Gasteiger partial charge is 0.402 e. The van der Waals surface area contributed by atoms with Crippen LogP contribution in [-0.2, 0) is 6.18 Å². The Labute approximate surface area is 155 Å². The Morgan fingerprint density at radius 1 is 1.37 bits per heavy atom. The lowest BCUT2D eigenvalue weighted by Gasteiger charge is -2.38. The summed E-state index contributed by atoms with van der Waals surface area (Å²) in [7, 11) is 0. The fraction of sp³-hybridized carbons (Fsp3) is 0.500. The summed E-state index contributed by atoms with van der Waals surface area (Å²) >= 11 is 0. The molecule has 9 heteroatoms. The molecule has 0 spiro atoms. The van der Waals surface area contributed by atoms with Crippen LogP contribution < -0.4 is 11.5 Å². The number of hydrogen-bond donors (Lipinski definition) is 3. The first kappa shape index (κ1) is 20.7. The van der Waals surface area contributed by atoms with Crippen LogP contribution in [0.3, 0.4) is 0 Å². The average molecular weight is 383 g/mol. The number of pyridine rings is 1. The number of nitrogens with two attached hydrogens (primary N) is 2. The molecule has 27 heavy (non-hydrogen) atoms. The Bertz CT molecular complexity index is 773. The van der Waals surface area contributed by atoms with Crippen molar-refractivity contribution in [2.24, 2.45) is 5.73 Å². The van der Waals surface area contributed by atoms with Crippen LogP contribution in [-0.4, -0.2) is 34.1 Å². The number of alkyl halides is 3. The molecular weight excluding hydrogens is 359 g/mol. The molecule has 0 aromatic carbocycles. The summed E-state index contributed by atoms with van der Waals surface area (Å²) in [6.07, 6.45) is -1.52. The Morgan fingerprint density at radius 3 is 2.56 bits per heavy atom. The number of aromatic nitrogens is 1. The second-order valence-corrected chi connectivity index (χ2v) is 6.49. The van der Waals surface area contributed by atoms with Gasteiger partial charge in [-0.05, 0) is 18.9 Å². The molecule has 1 aromatic rings. The average Bonchev–Trinajstić information content (AvgIpc) is 2.59. The summed E-state index contributed by atoms with van der Waals surface area (Å²) in [5.74, 6) is -0.505. The molecule has 1 aliphatic rings. The van der Waals surface area contributed by atoms with Crippen molar-refractivity contribution in [2.75, 3.05) is 12.3 Å². The molecule has 0 fully saturated rings. The van der Waals surface area contributed by atoms with E-state index < -0.39 is 23.8 Å². The minimum Gasteiger partial charge on any atom is -0.402 e. The Kier molecular flexibility index (Phi) is 6.12. The summed E-state index contributed by atoms with van der Waals surface area (Å²) in [5.41, 5.74) is 11.9. The molecule has 0 bridgehead atoms. The van der Waals surface area contributed by atoms with Gasteiger partial charge in [0, 0.05) is 41.8 Å². The predicted octanol–water partition coefficient (Wildman–Crippen LogP) is 3.34. The molecule has 0 radical (unpaired) electrons. The molecule has 0 saturated heterocycles. The van der Waals surface area contributed by atoms with Crippen molar-refractivity contribution < 1.29 is 18.0 Å². The molecule has 0 saturated carbocycles. The Morgan fingerprint density at radius 2 is 2.04 bits per heavy atom. The number of hydrogen-bond acceptors (Lipinski definition) is 5. The van der Waals surface area contributed by atoms with Gasteiger partial charge in [-0.15, -0.1) is 0 Å². The molecule has 148 valence electrons. The van der Waals surface area contributed by atoms with Crippen molar-refractivity contribution in [3.63, 3.8) is 0 Å². The summed E-state index contributed by atoms with van der Waals surface area (Å²) in [6.45, 7) is 4.14. The van der Waals surface area contributed by atoms with Crippen LogP contribution in [0, 0.1) is 5.41 Å². The van der Waals surface area contributed by atoms with Crippen molar-refractivity contribution in [3.05, 3.63) is 34.8 Å². The first-order chi connectivity index (χ1) is 12.6. The van der Waals surface area contributed by atoms with Gasteiger partial charge in [0.15, 0.2) is 0 Å². The van der Waals surface area contributed by atoms with Crippen molar-refractivity contribution in [3.8, 4) is 0 Å². The van der Waals surface area contributed by atoms with Gasteiger partial charge in [-0.3, -0.25) is 9.78 Å². The van der Waals surface area contributed by atoms with Gasteiger partial charge in [-0.25, -0.2) is 0 Å². The molecule has 1 atom stereocenters. The molecule has 0 aliphatic carbocycles. The quantitative estimate of drug-likeness (QED) is 0.678. The maximum absolute atomic E-state index is 13.0. The monoisotopic (exact) mass is 383 g/mol. The lowest BCUT2D eigenvalue weighted by molar-refractivity contribution is -0.141. The van der Waals surface area contributed by atoms with Crippen LogP contribution in [0.2, 0.25) is 0 Å². The first-order valence-electron chi connectivity index (χ1n) is 8.81. The Balaban J connectivity index is 2.37. The van der Waals surface area contributed by atoms with Gasteiger partial charge in [0.2, 0.25) is 0 Å². The van der Waals surface area contributed by atoms with Crippen molar-refractivity contribution in [2.45, 2.75) is 51.7 Å². The highest BCUT2D eigenvalue weighted by Gasteiger charge is 2.36. The maximum Gasteiger partial charge on any atom is 0.433 e. The number of rotatable bonds is 5. The lowest BCUT2D eigenvalue weighted by Crippen LogP contribution is -2.47. The zero-order chi connectivity index (χ0) is 20.4. The standard InChI is InChI=1S/C18H24F3N5O/c1-3-5-11(22)16-12(23)6-7-26(14(16)4-2)17(27)10-9-25-15(8-13(10)24)18(19,20)21/h8-9,14,22H,3-7,23H2,1-2H3,(H2,24,25). The molecule has 2 rings (SSSR count). The number of carbonyl (C=O) groups is 1. The third-order valence-electron chi connectivity index (χ3n) is 4.61. The third kappa shape index (κ3) is 4.23. The highest BCUT2D eigenvalue weighted by Crippen LogP contribution is 2.31. The van der Waals surface area contributed by atoms with Crippen molar-refractivity contribution in [1.29, 1.82) is 5.41 Å². The number of nitrogens with one attached hydrogen (secondary N) is 1. The van der Waals surface area contributed by atoms with E-state index in [4.69, 9.17) is 16.9 Å². The van der Waals surface area contributed by atoms with Crippen LogP contribution in [0.4, 0.5) is 18.9 Å². The van der Waals surface area contributed by atoms with E-state index in [0.29, 0.717) is 48.9 Å². The van der Waals surface area contributed by atoms with Crippen molar-refractivity contribution in [1.82, 2.24) is 9.88 Å². The summed E-state index contributed by atoms with van der Waals surface area (Å²) < 4.78 is 38.3. The van der Waals surface area contributed by atoms with Gasteiger partial charge in [-0.1, -0.05) is 20.3 Å². The highest BCUT2D eigenvalue weighted by molar-refractivity contribution is 6.03. The SMILES string of the molecule is CCCC(=N)C1=C(N)CCN(C(=O)c2cnc(C(F)(F)F)cc2N)C1CC. The topological polar surface area (TPSA) is 109 Å². The van der Waals surface area contributed by atoms with E-state index in [1.807, 2.05) is 13.8 Å². The number of nitrogen functional groups attached to an aromatic ring is 1. The summed E-state index contributed by atoms with van der Waals surface area (Å²) in [6, 6.07) is 0.259. The van der Waals surface area contributed by atoms with E-state index in [-0.39, 0.29) is 11.3 Å². The highest BCUT2D eigenvalue weighted by atomic mass is 19.4. The van der Waals surface area contributed by atoms with Crippen LogP contribution in [0.25, 0.3) is 0 Å². The van der Waals surface area contributed by atoms with E-state index in [0.717, 1.165) is 12.6 Å². The molecule has 6 nitrogen and oxygen atoms in total. The Hall–Kier alpha value is -2.58. The van der Waals surface area contributed by atoms with Crippen LogP contribution in [0.1, 0.15) is 55.6 Å². The largest absolute Gasteiger partial charge is 0.433 e.